The Balaban J connectivity index is 2.04. The van der Waals surface area contributed by atoms with Crippen LogP contribution in [0.4, 0.5) is 0 Å². The van der Waals surface area contributed by atoms with E-state index in [1.807, 2.05) is 29.2 Å². The van der Waals surface area contributed by atoms with Gasteiger partial charge in [0.2, 0.25) is 5.91 Å². The molecule has 1 fully saturated rings. The highest BCUT2D eigenvalue weighted by Gasteiger charge is 2.24. The highest BCUT2D eigenvalue weighted by atomic mass is 79.9. The minimum atomic E-state index is -0.0155. The van der Waals surface area contributed by atoms with Gasteiger partial charge >= 0.3 is 0 Å². The third-order valence-corrected chi connectivity index (χ3v) is 4.10. The molecule has 4 heteroatoms. The maximum atomic E-state index is 12.1. The molecule has 1 unspecified atom stereocenters. The fourth-order valence-electron chi connectivity index (χ4n) is 2.17. The Hall–Kier alpha value is -1.03. The molecule has 0 aliphatic carbocycles. The standard InChI is InChI=1S/C14H18BrNO2/c1-18-12-7-5-11(6-8-12)10-16-9-3-2-4-13(15)14(16)17/h5-8,13H,2-4,9-10H2,1H3. The first-order valence-corrected chi connectivity index (χ1v) is 7.18. The van der Waals surface area contributed by atoms with Crippen LogP contribution in [0.25, 0.3) is 0 Å². The van der Waals surface area contributed by atoms with Crippen molar-refractivity contribution in [2.24, 2.45) is 0 Å². The van der Waals surface area contributed by atoms with Crippen LogP contribution in [0.2, 0.25) is 0 Å². The van der Waals surface area contributed by atoms with E-state index >= 15 is 0 Å². The predicted molar refractivity (Wildman–Crippen MR) is 75.0 cm³/mol. The molecular formula is C14H18BrNO2. The number of benzene rings is 1. The first-order valence-electron chi connectivity index (χ1n) is 6.26. The van der Waals surface area contributed by atoms with Crippen LogP contribution in [0.5, 0.6) is 5.75 Å². The fraction of sp³-hybridized carbons (Fsp3) is 0.500. The number of rotatable bonds is 3. The third-order valence-electron chi connectivity index (χ3n) is 3.25. The van der Waals surface area contributed by atoms with Crippen molar-refractivity contribution in [3.05, 3.63) is 29.8 Å². The van der Waals surface area contributed by atoms with Crippen LogP contribution >= 0.6 is 15.9 Å². The van der Waals surface area contributed by atoms with E-state index in [4.69, 9.17) is 4.74 Å². The van der Waals surface area contributed by atoms with E-state index in [1.165, 1.54) is 0 Å². The molecule has 0 spiro atoms. The van der Waals surface area contributed by atoms with E-state index in [1.54, 1.807) is 7.11 Å². The van der Waals surface area contributed by atoms with Gasteiger partial charge in [-0.05, 0) is 30.5 Å². The summed E-state index contributed by atoms with van der Waals surface area (Å²) in [4.78, 5) is 14.1. The molecule has 1 aliphatic heterocycles. The summed E-state index contributed by atoms with van der Waals surface area (Å²) in [5.74, 6) is 1.06. The van der Waals surface area contributed by atoms with Crippen molar-refractivity contribution >= 4 is 21.8 Å². The Kier molecular flexibility index (Phi) is 4.64. The molecule has 0 saturated carbocycles. The number of carbonyl (C=O) groups excluding carboxylic acids is 1. The van der Waals surface area contributed by atoms with Crippen molar-refractivity contribution < 1.29 is 9.53 Å². The van der Waals surface area contributed by atoms with Crippen molar-refractivity contribution in [3.63, 3.8) is 0 Å². The second-order valence-electron chi connectivity index (χ2n) is 4.57. The van der Waals surface area contributed by atoms with Crippen LogP contribution in [0.3, 0.4) is 0 Å². The zero-order chi connectivity index (χ0) is 13.0. The molecule has 0 N–H and O–H groups in total. The number of methoxy groups -OCH3 is 1. The number of likely N-dealkylation sites (tertiary alicyclic amines) is 1. The lowest BCUT2D eigenvalue weighted by molar-refractivity contribution is -0.130. The molecule has 1 aromatic carbocycles. The van der Waals surface area contributed by atoms with Crippen molar-refractivity contribution in [1.29, 1.82) is 0 Å². The average Bonchev–Trinajstić information content (AvgIpc) is 2.55. The Bertz CT molecular complexity index is 405. The van der Waals surface area contributed by atoms with E-state index in [0.29, 0.717) is 6.54 Å². The Labute approximate surface area is 116 Å². The monoisotopic (exact) mass is 311 g/mol. The minimum absolute atomic E-state index is 0.0155. The molecule has 1 atom stereocenters. The van der Waals surface area contributed by atoms with E-state index in [-0.39, 0.29) is 10.7 Å². The quantitative estimate of drug-likeness (QED) is 0.803. The van der Waals surface area contributed by atoms with E-state index in [0.717, 1.165) is 37.1 Å². The largest absolute Gasteiger partial charge is 0.497 e. The van der Waals surface area contributed by atoms with Gasteiger partial charge in [0.25, 0.3) is 0 Å². The van der Waals surface area contributed by atoms with Crippen molar-refractivity contribution in [2.75, 3.05) is 13.7 Å². The third kappa shape index (κ3) is 3.25. The summed E-state index contributed by atoms with van der Waals surface area (Å²) in [6.07, 6.45) is 3.14. The number of carbonyl (C=O) groups is 1. The van der Waals surface area contributed by atoms with Crippen LogP contribution in [-0.4, -0.2) is 29.3 Å². The molecule has 18 heavy (non-hydrogen) atoms. The number of hydrogen-bond acceptors (Lipinski definition) is 2. The maximum absolute atomic E-state index is 12.1. The maximum Gasteiger partial charge on any atom is 0.236 e. The van der Waals surface area contributed by atoms with Gasteiger partial charge in [-0.1, -0.05) is 34.5 Å². The predicted octanol–water partition coefficient (Wildman–Crippen LogP) is 2.97. The summed E-state index contributed by atoms with van der Waals surface area (Å²) in [6.45, 7) is 1.54. The Morgan fingerprint density at radius 2 is 2.06 bits per heavy atom. The van der Waals surface area contributed by atoms with Gasteiger partial charge in [-0.25, -0.2) is 0 Å². The first-order chi connectivity index (χ1) is 8.70. The van der Waals surface area contributed by atoms with Gasteiger partial charge in [0, 0.05) is 13.1 Å². The Morgan fingerprint density at radius 3 is 2.72 bits per heavy atom. The molecule has 1 aliphatic rings. The van der Waals surface area contributed by atoms with Gasteiger partial charge in [0.1, 0.15) is 5.75 Å². The molecule has 3 nitrogen and oxygen atoms in total. The zero-order valence-corrected chi connectivity index (χ0v) is 12.1. The molecular weight excluding hydrogens is 294 g/mol. The van der Waals surface area contributed by atoms with Crippen LogP contribution in [0.15, 0.2) is 24.3 Å². The number of halogens is 1. The molecule has 1 aromatic rings. The summed E-state index contributed by atoms with van der Waals surface area (Å²) < 4.78 is 5.13. The lowest BCUT2D eigenvalue weighted by atomic mass is 10.2. The van der Waals surface area contributed by atoms with Crippen molar-refractivity contribution in [2.45, 2.75) is 30.6 Å². The second kappa shape index (κ2) is 6.23. The summed E-state index contributed by atoms with van der Waals surface area (Å²) in [5, 5.41) is 0. The van der Waals surface area contributed by atoms with Crippen molar-refractivity contribution in [1.82, 2.24) is 4.90 Å². The molecule has 0 radical (unpaired) electrons. The van der Waals surface area contributed by atoms with Gasteiger partial charge < -0.3 is 9.64 Å². The number of nitrogens with zero attached hydrogens (tertiary/aromatic N) is 1. The number of ether oxygens (including phenoxy) is 1. The van der Waals surface area contributed by atoms with Crippen LogP contribution in [0, 0.1) is 0 Å². The van der Waals surface area contributed by atoms with Gasteiger partial charge in [-0.3, -0.25) is 4.79 Å². The van der Waals surface area contributed by atoms with E-state index in [9.17, 15) is 4.79 Å². The number of amides is 1. The van der Waals surface area contributed by atoms with E-state index in [2.05, 4.69) is 15.9 Å². The highest BCUT2D eigenvalue weighted by molar-refractivity contribution is 9.10. The summed E-state index contributed by atoms with van der Waals surface area (Å²) in [6, 6.07) is 7.90. The summed E-state index contributed by atoms with van der Waals surface area (Å²) in [7, 11) is 1.66. The van der Waals surface area contributed by atoms with Crippen LogP contribution in [-0.2, 0) is 11.3 Å². The molecule has 1 heterocycles. The minimum Gasteiger partial charge on any atom is -0.497 e. The van der Waals surface area contributed by atoms with Gasteiger partial charge in [0.05, 0.1) is 11.9 Å². The lowest BCUT2D eigenvalue weighted by Gasteiger charge is -2.22. The summed E-state index contributed by atoms with van der Waals surface area (Å²) >= 11 is 3.47. The Morgan fingerprint density at radius 1 is 1.33 bits per heavy atom. The van der Waals surface area contributed by atoms with Crippen LogP contribution in [0.1, 0.15) is 24.8 Å². The zero-order valence-electron chi connectivity index (χ0n) is 10.6. The molecule has 1 saturated heterocycles. The van der Waals surface area contributed by atoms with E-state index < -0.39 is 0 Å². The SMILES string of the molecule is COc1ccc(CN2CCCCC(Br)C2=O)cc1. The average molecular weight is 312 g/mol. The summed E-state index contributed by atoms with van der Waals surface area (Å²) in [5.41, 5.74) is 1.14. The van der Waals surface area contributed by atoms with Gasteiger partial charge in [-0.2, -0.15) is 0 Å². The molecule has 2 rings (SSSR count). The lowest BCUT2D eigenvalue weighted by Crippen LogP contribution is -2.34. The van der Waals surface area contributed by atoms with Crippen molar-refractivity contribution in [3.8, 4) is 5.75 Å². The smallest absolute Gasteiger partial charge is 0.236 e. The number of alkyl halides is 1. The van der Waals surface area contributed by atoms with Gasteiger partial charge in [0.15, 0.2) is 0 Å². The van der Waals surface area contributed by atoms with Gasteiger partial charge in [-0.15, -0.1) is 0 Å². The highest BCUT2D eigenvalue weighted by Crippen LogP contribution is 2.21. The molecule has 98 valence electrons. The first kappa shape index (κ1) is 13.4. The number of hydrogen-bond donors (Lipinski definition) is 0. The fourth-order valence-corrected chi connectivity index (χ4v) is 2.78. The molecule has 0 aromatic heterocycles. The topological polar surface area (TPSA) is 29.5 Å². The molecule has 0 bridgehead atoms. The second-order valence-corrected chi connectivity index (χ2v) is 5.68. The normalized spacial score (nSPS) is 20.7. The van der Waals surface area contributed by atoms with Crippen LogP contribution < -0.4 is 4.74 Å². The molecule has 1 amide bonds.